The van der Waals surface area contributed by atoms with Crippen LogP contribution in [0.4, 0.5) is 0 Å². The van der Waals surface area contributed by atoms with Gasteiger partial charge in [0.2, 0.25) is 0 Å². The van der Waals surface area contributed by atoms with Crippen molar-refractivity contribution in [1.82, 2.24) is 4.98 Å². The molecule has 1 heterocycles. The molecule has 1 aromatic heterocycles. The largest absolute Gasteiger partial charge is 1.00 e. The Labute approximate surface area is 144 Å². The van der Waals surface area contributed by atoms with Gasteiger partial charge in [0.05, 0.1) is 10.7 Å². The van der Waals surface area contributed by atoms with E-state index in [0.29, 0.717) is 0 Å². The summed E-state index contributed by atoms with van der Waals surface area (Å²) in [6.45, 7) is 2.10. The van der Waals surface area contributed by atoms with Crippen LogP contribution in [0.1, 0.15) is 16.1 Å². The van der Waals surface area contributed by atoms with E-state index in [1.54, 1.807) is 11.3 Å². The summed E-state index contributed by atoms with van der Waals surface area (Å²) >= 11 is 7.61. The predicted octanol–water partition coefficient (Wildman–Crippen LogP) is 2.37. The minimum atomic E-state index is 0. The summed E-state index contributed by atoms with van der Waals surface area (Å²) in [7, 11) is 0. The molecule has 4 heteroatoms. The van der Waals surface area contributed by atoms with Crippen LogP contribution in [0.5, 0.6) is 0 Å². The number of aryl methyl sites for hydroxylation is 1. The van der Waals surface area contributed by atoms with Crippen molar-refractivity contribution in [3.63, 3.8) is 0 Å². The van der Waals surface area contributed by atoms with E-state index in [2.05, 4.69) is 36.6 Å². The molecule has 0 amide bonds. The molecule has 21 heavy (non-hydrogen) atoms. The van der Waals surface area contributed by atoms with Gasteiger partial charge in [0.15, 0.2) is 0 Å². The van der Waals surface area contributed by atoms with E-state index < -0.39 is 0 Å². The molecule has 0 aliphatic carbocycles. The van der Waals surface area contributed by atoms with E-state index >= 15 is 0 Å². The third-order valence-corrected chi connectivity index (χ3v) is 4.27. The maximum absolute atomic E-state index is 5.91. The minimum Gasteiger partial charge on any atom is -1.00 e. The lowest BCUT2D eigenvalue weighted by molar-refractivity contribution is -0.00000395. The maximum atomic E-state index is 5.91. The van der Waals surface area contributed by atoms with Gasteiger partial charge in [-0.1, -0.05) is 53.6 Å². The molecule has 0 spiro atoms. The number of halogens is 2. The Bertz CT molecular complexity index is 704. The smallest absolute Gasteiger partial charge is 0.0976 e. The molecule has 0 N–H and O–H groups in total. The van der Waals surface area contributed by atoms with E-state index in [9.17, 15) is 0 Å². The average Bonchev–Trinajstić information content (AvgIpc) is 2.91. The molecule has 0 fully saturated rings. The second kappa shape index (κ2) is 7.21. The minimum absolute atomic E-state index is 0. The molecule has 0 aliphatic heterocycles. The Hall–Kier alpha value is -1.16. The first-order valence-corrected chi connectivity index (χ1v) is 7.72. The van der Waals surface area contributed by atoms with Gasteiger partial charge < -0.3 is 17.0 Å². The second-order valence-electron chi connectivity index (χ2n) is 4.80. The van der Waals surface area contributed by atoms with E-state index in [1.165, 1.54) is 11.1 Å². The van der Waals surface area contributed by atoms with Crippen LogP contribution in [0, 0.1) is 6.92 Å². The number of thiazole rings is 1. The quantitative estimate of drug-likeness (QED) is 0.681. The van der Waals surface area contributed by atoms with Crippen molar-refractivity contribution in [2.75, 3.05) is 0 Å². The fourth-order valence-corrected chi connectivity index (χ4v) is 2.99. The van der Waals surface area contributed by atoms with E-state index in [1.807, 2.05) is 24.3 Å². The number of hydrogen-bond donors (Lipinski definition) is 0. The zero-order chi connectivity index (χ0) is 13.9. The first kappa shape index (κ1) is 16.2. The Morgan fingerprint density at radius 3 is 2.33 bits per heavy atom. The lowest BCUT2D eigenvalue weighted by Gasteiger charge is -1.99. The Balaban J connectivity index is 0.00000161. The van der Waals surface area contributed by atoms with E-state index in [-0.39, 0.29) is 17.0 Å². The highest BCUT2D eigenvalue weighted by Gasteiger charge is 2.05. The second-order valence-corrected chi connectivity index (χ2v) is 6.17. The molecule has 2 aromatic carbocycles. The van der Waals surface area contributed by atoms with Gasteiger partial charge in [-0.3, -0.25) is 0 Å². The normalized spacial score (nSPS) is 10.2. The highest BCUT2D eigenvalue weighted by Crippen LogP contribution is 2.24. The van der Waals surface area contributed by atoms with Gasteiger partial charge in [0.1, 0.15) is 0 Å². The number of hydrogen-bond acceptors (Lipinski definition) is 2. The van der Waals surface area contributed by atoms with Crippen molar-refractivity contribution in [1.29, 1.82) is 0 Å². The number of aromatic nitrogens is 1. The average molecular weight is 380 g/mol. The standard InChI is InChI=1S/C17H14ClNS.BrH/c1-12-2-4-13(5-3-12)10-17-19-16(11-20-17)14-6-8-15(18)9-7-14;/h2-9,11H,10H2,1H3;1H/p-1. The zero-order valence-corrected chi connectivity index (χ0v) is 14.7. The fourth-order valence-electron chi connectivity index (χ4n) is 2.03. The van der Waals surface area contributed by atoms with Gasteiger partial charge in [-0.25, -0.2) is 4.98 Å². The van der Waals surface area contributed by atoms with Crippen molar-refractivity contribution in [2.45, 2.75) is 13.3 Å². The number of nitrogens with zero attached hydrogens (tertiary/aromatic N) is 1. The van der Waals surface area contributed by atoms with E-state index in [4.69, 9.17) is 16.6 Å². The highest BCUT2D eigenvalue weighted by atomic mass is 79.9. The van der Waals surface area contributed by atoms with Crippen LogP contribution in [0.25, 0.3) is 11.3 Å². The summed E-state index contributed by atoms with van der Waals surface area (Å²) in [6.07, 6.45) is 0.887. The number of benzene rings is 2. The molecule has 0 bridgehead atoms. The van der Waals surface area contributed by atoms with Crippen LogP contribution in [0.3, 0.4) is 0 Å². The molecule has 3 rings (SSSR count). The van der Waals surface area contributed by atoms with Crippen LogP contribution >= 0.6 is 22.9 Å². The highest BCUT2D eigenvalue weighted by molar-refractivity contribution is 7.10. The third-order valence-electron chi connectivity index (χ3n) is 3.17. The first-order chi connectivity index (χ1) is 9.70. The van der Waals surface area contributed by atoms with Crippen LogP contribution < -0.4 is 17.0 Å². The molecule has 0 atom stereocenters. The Kier molecular flexibility index (Phi) is 5.57. The molecule has 0 unspecified atom stereocenters. The number of rotatable bonds is 3. The molecule has 1 nitrogen and oxygen atoms in total. The van der Waals surface area contributed by atoms with Crippen molar-refractivity contribution in [3.05, 3.63) is 75.1 Å². The SMILES string of the molecule is Cc1ccc(Cc2nc(-c3ccc(Cl)cc3)cs2)cc1.[Br-]. The maximum Gasteiger partial charge on any atom is 0.0976 e. The molecular formula is C17H14BrClNS-. The third kappa shape index (κ3) is 4.16. The first-order valence-electron chi connectivity index (χ1n) is 6.46. The van der Waals surface area contributed by atoms with Crippen molar-refractivity contribution < 1.29 is 17.0 Å². The van der Waals surface area contributed by atoms with Gasteiger partial charge in [0, 0.05) is 22.4 Å². The summed E-state index contributed by atoms with van der Waals surface area (Å²) < 4.78 is 0. The predicted molar refractivity (Wildman–Crippen MR) is 86.5 cm³/mol. The van der Waals surface area contributed by atoms with Crippen LogP contribution in [0.2, 0.25) is 5.02 Å². The molecule has 0 aliphatic rings. The topological polar surface area (TPSA) is 12.9 Å². The summed E-state index contributed by atoms with van der Waals surface area (Å²) in [5.41, 5.74) is 4.72. The summed E-state index contributed by atoms with van der Waals surface area (Å²) in [5.74, 6) is 0. The summed E-state index contributed by atoms with van der Waals surface area (Å²) in [5, 5.41) is 4.00. The fraction of sp³-hybridized carbons (Fsp3) is 0.118. The van der Waals surface area contributed by atoms with Crippen molar-refractivity contribution in [2.24, 2.45) is 0 Å². The molecule has 108 valence electrons. The lowest BCUT2D eigenvalue weighted by atomic mass is 10.1. The van der Waals surface area contributed by atoms with Crippen LogP contribution in [-0.4, -0.2) is 4.98 Å². The van der Waals surface area contributed by atoms with Gasteiger partial charge >= 0.3 is 0 Å². The summed E-state index contributed by atoms with van der Waals surface area (Å²) in [4.78, 5) is 4.70. The van der Waals surface area contributed by atoms with E-state index in [0.717, 1.165) is 27.7 Å². The summed E-state index contributed by atoms with van der Waals surface area (Å²) in [6, 6.07) is 16.4. The van der Waals surface area contributed by atoms with Gasteiger partial charge in [-0.15, -0.1) is 11.3 Å². The van der Waals surface area contributed by atoms with Crippen molar-refractivity contribution in [3.8, 4) is 11.3 Å². The van der Waals surface area contributed by atoms with Gasteiger partial charge in [-0.2, -0.15) is 0 Å². The lowest BCUT2D eigenvalue weighted by Crippen LogP contribution is -3.00. The molecule has 0 saturated heterocycles. The molecular weight excluding hydrogens is 366 g/mol. The van der Waals surface area contributed by atoms with Gasteiger partial charge in [0.25, 0.3) is 0 Å². The molecule has 0 saturated carbocycles. The molecule has 0 radical (unpaired) electrons. The zero-order valence-electron chi connectivity index (χ0n) is 11.5. The monoisotopic (exact) mass is 378 g/mol. The Morgan fingerprint density at radius 2 is 1.67 bits per heavy atom. The van der Waals surface area contributed by atoms with Gasteiger partial charge in [-0.05, 0) is 24.6 Å². The van der Waals surface area contributed by atoms with Crippen molar-refractivity contribution >= 4 is 22.9 Å². The van der Waals surface area contributed by atoms with Crippen LogP contribution in [0.15, 0.2) is 53.9 Å². The Morgan fingerprint density at radius 1 is 1.00 bits per heavy atom. The van der Waals surface area contributed by atoms with Crippen LogP contribution in [-0.2, 0) is 6.42 Å². The molecule has 3 aromatic rings.